The number of hydrogen-bond acceptors (Lipinski definition) is 0. The van der Waals surface area contributed by atoms with Gasteiger partial charge < -0.3 is 0 Å². The van der Waals surface area contributed by atoms with Crippen molar-refractivity contribution in [2.45, 2.75) is 52.9 Å². The van der Waals surface area contributed by atoms with Crippen molar-refractivity contribution in [3.63, 3.8) is 0 Å². The molecular weight excluding hydrogens is 324 g/mol. The number of hydrogen-bond donors (Lipinski definition) is 0. The van der Waals surface area contributed by atoms with Crippen molar-refractivity contribution in [2.24, 2.45) is 5.92 Å². The third-order valence-electron chi connectivity index (χ3n) is 5.90. The molecule has 2 unspecified atom stereocenters. The minimum atomic E-state index is 0.417. The molecular formula is C27H32. The van der Waals surface area contributed by atoms with Gasteiger partial charge in [-0.2, -0.15) is 0 Å². The van der Waals surface area contributed by atoms with Crippen LogP contribution >= 0.6 is 0 Å². The molecule has 0 aliphatic carbocycles. The van der Waals surface area contributed by atoms with Gasteiger partial charge in [0.25, 0.3) is 0 Å². The third-order valence-corrected chi connectivity index (χ3v) is 5.90. The second kappa shape index (κ2) is 9.04. The molecule has 3 aromatic carbocycles. The molecule has 0 heteroatoms. The molecule has 0 aliphatic heterocycles. The van der Waals surface area contributed by atoms with Crippen molar-refractivity contribution in [1.29, 1.82) is 0 Å². The molecule has 27 heavy (non-hydrogen) atoms. The van der Waals surface area contributed by atoms with E-state index in [9.17, 15) is 0 Å². The normalized spacial score (nSPS) is 13.3. The lowest BCUT2D eigenvalue weighted by atomic mass is 9.75. The Hall–Kier alpha value is -2.34. The Morgan fingerprint density at radius 2 is 1.41 bits per heavy atom. The van der Waals surface area contributed by atoms with Gasteiger partial charge in [-0.05, 0) is 52.6 Å². The van der Waals surface area contributed by atoms with Crippen LogP contribution in [0.4, 0.5) is 0 Å². The van der Waals surface area contributed by atoms with Crippen LogP contribution in [0.2, 0.25) is 0 Å². The summed E-state index contributed by atoms with van der Waals surface area (Å²) in [6.07, 6.45) is 3.50. The van der Waals surface area contributed by atoms with Crippen LogP contribution in [0.5, 0.6) is 0 Å². The highest BCUT2D eigenvalue weighted by atomic mass is 14.3. The summed E-state index contributed by atoms with van der Waals surface area (Å²) in [5.41, 5.74) is 8.61. The topological polar surface area (TPSA) is 0 Å². The van der Waals surface area contributed by atoms with Gasteiger partial charge in [-0.15, -0.1) is 0 Å². The third kappa shape index (κ3) is 4.16. The molecule has 0 heterocycles. The zero-order chi connectivity index (χ0) is 19.2. The van der Waals surface area contributed by atoms with Crippen LogP contribution < -0.4 is 0 Å². The summed E-state index contributed by atoms with van der Waals surface area (Å²) in [7, 11) is 0. The Morgan fingerprint density at radius 1 is 0.778 bits per heavy atom. The Kier molecular flexibility index (Phi) is 6.50. The second-order valence-electron chi connectivity index (χ2n) is 7.70. The first kappa shape index (κ1) is 19.4. The molecule has 0 radical (unpaired) electrons. The summed E-state index contributed by atoms with van der Waals surface area (Å²) in [5, 5.41) is 0. The van der Waals surface area contributed by atoms with Crippen LogP contribution in [0.1, 0.15) is 61.8 Å². The van der Waals surface area contributed by atoms with Crippen molar-refractivity contribution in [3.8, 4) is 11.1 Å². The molecule has 3 aromatic rings. The van der Waals surface area contributed by atoms with Crippen LogP contribution in [0, 0.1) is 12.8 Å². The highest BCUT2D eigenvalue weighted by Gasteiger charge is 2.24. The lowest BCUT2D eigenvalue weighted by Crippen LogP contribution is -2.13. The first-order chi connectivity index (χ1) is 13.2. The molecule has 0 amide bonds. The molecule has 0 aromatic heterocycles. The fraction of sp³-hybridized carbons (Fsp3) is 0.333. The lowest BCUT2D eigenvalue weighted by Gasteiger charge is -2.28. The van der Waals surface area contributed by atoms with Crippen LogP contribution in [0.3, 0.4) is 0 Å². The molecule has 0 nitrogen and oxygen atoms in total. The van der Waals surface area contributed by atoms with E-state index in [0.717, 1.165) is 6.42 Å². The first-order valence-electron chi connectivity index (χ1n) is 10.4. The molecule has 0 aliphatic rings. The summed E-state index contributed by atoms with van der Waals surface area (Å²) in [5.74, 6) is 1.01. The van der Waals surface area contributed by atoms with E-state index in [1.807, 2.05) is 0 Å². The van der Waals surface area contributed by atoms with Crippen molar-refractivity contribution in [2.75, 3.05) is 0 Å². The quantitative estimate of drug-likeness (QED) is 0.405. The predicted octanol–water partition coefficient (Wildman–Crippen LogP) is 7.79. The molecule has 3 rings (SSSR count). The Labute approximate surface area is 165 Å². The summed E-state index contributed by atoms with van der Waals surface area (Å²) >= 11 is 0. The average Bonchev–Trinajstić information content (AvgIpc) is 2.71. The molecule has 0 bridgehead atoms. The fourth-order valence-corrected chi connectivity index (χ4v) is 4.27. The van der Waals surface area contributed by atoms with Gasteiger partial charge in [0.05, 0.1) is 0 Å². The van der Waals surface area contributed by atoms with Crippen LogP contribution in [-0.4, -0.2) is 0 Å². The van der Waals surface area contributed by atoms with Gasteiger partial charge in [0.1, 0.15) is 0 Å². The van der Waals surface area contributed by atoms with E-state index in [1.54, 1.807) is 0 Å². The standard InChI is InChI=1S/C27H32/c1-5-13-22-18-19-25(27(21(22)4)24-16-11-8-12-17-24)26(20(3)6-2)23-14-9-7-10-15-23/h7-12,14-20,26H,5-6,13H2,1-4H3. The van der Waals surface area contributed by atoms with E-state index < -0.39 is 0 Å². The summed E-state index contributed by atoms with van der Waals surface area (Å²) < 4.78 is 0. The van der Waals surface area contributed by atoms with E-state index in [4.69, 9.17) is 0 Å². The predicted molar refractivity (Wildman–Crippen MR) is 118 cm³/mol. The van der Waals surface area contributed by atoms with Crippen molar-refractivity contribution < 1.29 is 0 Å². The van der Waals surface area contributed by atoms with E-state index >= 15 is 0 Å². The number of rotatable bonds is 7. The van der Waals surface area contributed by atoms with E-state index in [0.29, 0.717) is 11.8 Å². The van der Waals surface area contributed by atoms with E-state index in [1.165, 1.54) is 46.2 Å². The summed E-state index contributed by atoms with van der Waals surface area (Å²) in [4.78, 5) is 0. The highest BCUT2D eigenvalue weighted by molar-refractivity contribution is 5.73. The first-order valence-corrected chi connectivity index (χ1v) is 10.4. The Balaban J connectivity index is 2.25. The summed E-state index contributed by atoms with van der Waals surface area (Å²) in [6, 6.07) is 26.8. The number of benzene rings is 3. The van der Waals surface area contributed by atoms with Gasteiger partial charge >= 0.3 is 0 Å². The largest absolute Gasteiger partial charge is 0.0651 e. The minimum absolute atomic E-state index is 0.417. The number of aryl methyl sites for hydroxylation is 1. The molecule has 0 saturated carbocycles. The highest BCUT2D eigenvalue weighted by Crippen LogP contribution is 2.41. The molecule has 2 atom stereocenters. The van der Waals surface area contributed by atoms with E-state index in [2.05, 4.69) is 100 Å². The van der Waals surface area contributed by atoms with Gasteiger partial charge in [-0.25, -0.2) is 0 Å². The minimum Gasteiger partial charge on any atom is -0.0651 e. The van der Waals surface area contributed by atoms with Crippen molar-refractivity contribution in [3.05, 3.63) is 95.1 Å². The Bertz CT molecular complexity index is 846. The lowest BCUT2D eigenvalue weighted by molar-refractivity contribution is 0.497. The molecule has 140 valence electrons. The monoisotopic (exact) mass is 356 g/mol. The summed E-state index contributed by atoms with van der Waals surface area (Å²) in [6.45, 7) is 9.28. The molecule has 0 fully saturated rings. The SMILES string of the molecule is CCCc1ccc(C(c2ccccc2)C(C)CC)c(-c2ccccc2)c1C. The average molecular weight is 357 g/mol. The fourth-order valence-electron chi connectivity index (χ4n) is 4.27. The van der Waals surface area contributed by atoms with Crippen molar-refractivity contribution >= 4 is 0 Å². The van der Waals surface area contributed by atoms with Gasteiger partial charge in [0.2, 0.25) is 0 Å². The van der Waals surface area contributed by atoms with Crippen LogP contribution in [0.25, 0.3) is 11.1 Å². The molecule has 0 spiro atoms. The molecule has 0 saturated heterocycles. The maximum Gasteiger partial charge on any atom is 0.0121 e. The van der Waals surface area contributed by atoms with Crippen molar-refractivity contribution in [1.82, 2.24) is 0 Å². The van der Waals surface area contributed by atoms with Crippen LogP contribution in [-0.2, 0) is 6.42 Å². The molecule has 0 N–H and O–H groups in total. The smallest absolute Gasteiger partial charge is 0.0121 e. The zero-order valence-electron chi connectivity index (χ0n) is 17.2. The Morgan fingerprint density at radius 3 is 2.00 bits per heavy atom. The van der Waals surface area contributed by atoms with Gasteiger partial charge in [0, 0.05) is 5.92 Å². The maximum absolute atomic E-state index is 2.41. The maximum atomic E-state index is 2.41. The second-order valence-corrected chi connectivity index (χ2v) is 7.70. The van der Waals surface area contributed by atoms with E-state index in [-0.39, 0.29) is 0 Å². The van der Waals surface area contributed by atoms with Gasteiger partial charge in [-0.3, -0.25) is 0 Å². The van der Waals surface area contributed by atoms with Gasteiger partial charge in [-0.1, -0.05) is 106 Å². The zero-order valence-corrected chi connectivity index (χ0v) is 17.2. The van der Waals surface area contributed by atoms with Gasteiger partial charge in [0.15, 0.2) is 0 Å². The van der Waals surface area contributed by atoms with Crippen LogP contribution in [0.15, 0.2) is 72.8 Å².